The Bertz CT molecular complexity index is 3480. The zero-order valence-electron chi connectivity index (χ0n) is 35.6. The van der Waals surface area contributed by atoms with Crippen LogP contribution in [-0.4, -0.2) is 14.1 Å². The van der Waals surface area contributed by atoms with Gasteiger partial charge in [0.2, 0.25) is 0 Å². The van der Waals surface area contributed by atoms with E-state index in [9.17, 15) is 0 Å². The minimum Gasteiger partial charge on any atom is -0.452 e. The molecule has 12 aromatic carbocycles. The zero-order chi connectivity index (χ0) is 42.8. The van der Waals surface area contributed by atoms with Crippen LogP contribution in [0.2, 0.25) is 0 Å². The summed E-state index contributed by atoms with van der Waals surface area (Å²) in [5.41, 5.74) is 8.86. The van der Waals surface area contributed by atoms with E-state index in [1.165, 1.54) is 75.8 Å². The molecule has 0 unspecified atom stereocenters. The van der Waals surface area contributed by atoms with Crippen LogP contribution >= 0.6 is 0 Å². The van der Waals surface area contributed by atoms with Crippen molar-refractivity contribution >= 4 is 101 Å². The molecule has 0 amide bonds. The largest absolute Gasteiger partial charge is 0.457 e. The van der Waals surface area contributed by atoms with Crippen molar-refractivity contribution in [1.82, 2.24) is 0 Å². The van der Waals surface area contributed by atoms with Crippen LogP contribution in [0.1, 0.15) is 0 Å². The van der Waals surface area contributed by atoms with Crippen LogP contribution in [0.4, 0.5) is 11.4 Å². The van der Waals surface area contributed by atoms with Gasteiger partial charge in [0.25, 0.3) is 0 Å². The van der Waals surface area contributed by atoms with Gasteiger partial charge in [-0.25, -0.2) is 0 Å². The van der Waals surface area contributed by atoms with E-state index in [0.717, 1.165) is 33.4 Å². The molecule has 65 heavy (non-hydrogen) atoms. The van der Waals surface area contributed by atoms with Gasteiger partial charge < -0.3 is 14.4 Å². The molecule has 1 heterocycles. The maximum Gasteiger partial charge on any atom is 0.457 e. The molecule has 0 saturated carbocycles. The van der Waals surface area contributed by atoms with Crippen LogP contribution in [0.3, 0.4) is 0 Å². The Morgan fingerprint density at radius 2 is 0.523 bits per heavy atom. The van der Waals surface area contributed by atoms with E-state index in [0.29, 0.717) is 0 Å². The Morgan fingerprint density at radius 1 is 0.231 bits per heavy atom. The number of rotatable bonds is 6. The van der Waals surface area contributed by atoms with Gasteiger partial charge in [-0.2, -0.15) is 0 Å². The first-order chi connectivity index (χ1) is 32.2. The first-order valence-corrected chi connectivity index (χ1v) is 22.5. The first-order valence-electron chi connectivity index (χ1n) is 22.5. The van der Waals surface area contributed by atoms with Crippen LogP contribution < -0.4 is 20.8 Å². The van der Waals surface area contributed by atoms with Crippen molar-refractivity contribution in [3.63, 3.8) is 0 Å². The fourth-order valence-electron chi connectivity index (χ4n) is 10.5. The summed E-state index contributed by atoms with van der Waals surface area (Å²) < 4.78 is 7.45. The second-order valence-corrected chi connectivity index (χ2v) is 17.2. The molecule has 1 aliphatic heterocycles. The molecule has 5 heteroatoms. The second-order valence-electron chi connectivity index (χ2n) is 17.2. The maximum atomic E-state index is 7.45. The molecule has 3 nitrogen and oxygen atoms in total. The summed E-state index contributed by atoms with van der Waals surface area (Å²) in [6, 6.07) is 88.1. The summed E-state index contributed by atoms with van der Waals surface area (Å²) in [7, 11) is -0.867. The van der Waals surface area contributed by atoms with Crippen LogP contribution in [0, 0.1) is 0 Å². The van der Waals surface area contributed by atoms with Crippen molar-refractivity contribution in [3.8, 4) is 22.3 Å². The molecule has 0 radical (unpaired) electrons. The molecular weight excluding hydrogens is 786 g/mol. The highest BCUT2D eigenvalue weighted by Gasteiger charge is 2.49. The summed E-state index contributed by atoms with van der Waals surface area (Å²) in [5.74, 6) is 0. The number of hydrogen-bond acceptors (Lipinski definition) is 3. The number of benzene rings is 12. The lowest BCUT2D eigenvalue weighted by molar-refractivity contribution is 0.633. The van der Waals surface area contributed by atoms with Gasteiger partial charge in [-0.05, 0) is 134 Å². The standard InChI is InChI=1S/C60H40B2N2O/c1-3-21-47(22-4-1)63-61(45-19-15-17-41(37-45)43-33-35-57-53-29-9-7-25-49(53)51-27-11-13-31-55(51)59(57)39-43)65-62(64(63)48-23-5-2-6-24-48)46-20-16-18-42(38-46)44-34-36-58-54-30-10-8-26-50(54)52-28-12-14-32-56(52)60(58)40-44/h1-40H. The van der Waals surface area contributed by atoms with Crippen molar-refractivity contribution in [1.29, 1.82) is 0 Å². The molecule has 1 fully saturated rings. The summed E-state index contributed by atoms with van der Waals surface area (Å²) in [6.07, 6.45) is 0. The van der Waals surface area contributed by atoms with E-state index in [1.807, 2.05) is 0 Å². The molecule has 302 valence electrons. The Morgan fingerprint density at radius 3 is 0.877 bits per heavy atom. The lowest BCUT2D eigenvalue weighted by Crippen LogP contribution is -2.54. The second kappa shape index (κ2) is 15.3. The molecular formula is C60H40B2N2O. The highest BCUT2D eigenvalue weighted by atomic mass is 16.4. The molecule has 0 aromatic heterocycles. The van der Waals surface area contributed by atoms with Crippen LogP contribution in [0.5, 0.6) is 0 Å². The highest BCUT2D eigenvalue weighted by Crippen LogP contribution is 2.39. The van der Waals surface area contributed by atoms with Crippen LogP contribution in [-0.2, 0) is 4.57 Å². The third kappa shape index (κ3) is 6.19. The molecule has 1 aliphatic rings. The Labute approximate surface area is 378 Å². The molecule has 13 rings (SSSR count). The predicted molar refractivity (Wildman–Crippen MR) is 278 cm³/mol. The van der Waals surface area contributed by atoms with E-state index in [1.54, 1.807) is 0 Å². The first kappa shape index (κ1) is 37.4. The monoisotopic (exact) mass is 826 g/mol. The number of para-hydroxylation sites is 2. The van der Waals surface area contributed by atoms with Crippen molar-refractivity contribution < 1.29 is 4.57 Å². The van der Waals surface area contributed by atoms with Crippen molar-refractivity contribution in [2.75, 3.05) is 9.84 Å². The third-order valence-corrected chi connectivity index (χ3v) is 13.5. The van der Waals surface area contributed by atoms with E-state index < -0.39 is 14.1 Å². The van der Waals surface area contributed by atoms with Gasteiger partial charge in [-0.15, -0.1) is 0 Å². The average molecular weight is 827 g/mol. The average Bonchev–Trinajstić information content (AvgIpc) is 3.80. The summed E-state index contributed by atoms with van der Waals surface area (Å²) in [4.78, 5) is 4.66. The number of hydrogen-bond donors (Lipinski definition) is 0. The number of fused-ring (bicyclic) bond motifs is 12. The molecule has 0 aliphatic carbocycles. The lowest BCUT2D eigenvalue weighted by Gasteiger charge is -2.35. The van der Waals surface area contributed by atoms with Crippen molar-refractivity contribution in [2.24, 2.45) is 0 Å². The van der Waals surface area contributed by atoms with E-state index >= 15 is 0 Å². The number of anilines is 2. The van der Waals surface area contributed by atoms with E-state index in [2.05, 4.69) is 252 Å². The minimum absolute atomic E-state index is 0.434. The fourth-order valence-corrected chi connectivity index (χ4v) is 10.5. The SMILES string of the molecule is c1ccc(N2B(c3cccc(-c4ccc5c6ccccc6c6ccccc6c5c4)c3)OB(c3cccc(-c4ccc5c6ccccc6c6ccccc6c5c4)c3)N2c2ccccc2)cc1. The Kier molecular flexibility index (Phi) is 8.82. The van der Waals surface area contributed by atoms with Gasteiger partial charge in [0.05, 0.1) is 0 Å². The highest BCUT2D eigenvalue weighted by molar-refractivity contribution is 6.89. The van der Waals surface area contributed by atoms with Gasteiger partial charge in [0.15, 0.2) is 0 Å². The van der Waals surface area contributed by atoms with Crippen LogP contribution in [0.15, 0.2) is 243 Å². The predicted octanol–water partition coefficient (Wildman–Crippen LogP) is 14.0. The summed E-state index contributed by atoms with van der Waals surface area (Å²) >= 11 is 0. The van der Waals surface area contributed by atoms with Gasteiger partial charge in [0.1, 0.15) is 0 Å². The lowest BCUT2D eigenvalue weighted by atomic mass is 9.67. The van der Waals surface area contributed by atoms with Gasteiger partial charge >= 0.3 is 14.1 Å². The third-order valence-electron chi connectivity index (χ3n) is 13.5. The zero-order valence-corrected chi connectivity index (χ0v) is 35.6. The smallest absolute Gasteiger partial charge is 0.452 e. The normalized spacial score (nSPS) is 13.0. The number of nitrogens with zero attached hydrogens (tertiary/aromatic N) is 2. The summed E-state index contributed by atoms with van der Waals surface area (Å²) in [5, 5.41) is 15.3. The molecule has 0 bridgehead atoms. The van der Waals surface area contributed by atoms with Crippen molar-refractivity contribution in [2.45, 2.75) is 0 Å². The summed E-state index contributed by atoms with van der Waals surface area (Å²) in [6.45, 7) is 0. The Hall–Kier alpha value is -8.11. The molecule has 0 spiro atoms. The van der Waals surface area contributed by atoms with E-state index in [-0.39, 0.29) is 0 Å². The van der Waals surface area contributed by atoms with Crippen LogP contribution in [0.25, 0.3) is 86.9 Å². The molecule has 1 saturated heterocycles. The van der Waals surface area contributed by atoms with Crippen molar-refractivity contribution in [3.05, 3.63) is 243 Å². The molecule has 0 N–H and O–H groups in total. The number of hydrazine groups is 1. The van der Waals surface area contributed by atoms with Gasteiger partial charge in [0, 0.05) is 11.4 Å². The minimum atomic E-state index is -0.434. The molecule has 0 atom stereocenters. The maximum absolute atomic E-state index is 7.45. The Balaban J connectivity index is 0.941. The van der Waals surface area contributed by atoms with Gasteiger partial charge in [-0.1, -0.05) is 206 Å². The van der Waals surface area contributed by atoms with Gasteiger partial charge in [-0.3, -0.25) is 0 Å². The molecule has 12 aromatic rings. The quantitative estimate of drug-likeness (QED) is 0.123. The fraction of sp³-hybridized carbons (Fsp3) is 0. The topological polar surface area (TPSA) is 15.7 Å². The van der Waals surface area contributed by atoms with E-state index in [4.69, 9.17) is 4.57 Å².